The molecule has 0 aliphatic carbocycles. The van der Waals surface area contributed by atoms with Crippen molar-refractivity contribution in [1.29, 1.82) is 0 Å². The van der Waals surface area contributed by atoms with Crippen molar-refractivity contribution in [2.75, 3.05) is 0 Å². The van der Waals surface area contributed by atoms with Crippen LogP contribution in [-0.4, -0.2) is 17.8 Å². The van der Waals surface area contributed by atoms with E-state index in [4.69, 9.17) is 11.6 Å². The summed E-state index contributed by atoms with van der Waals surface area (Å²) in [6, 6.07) is 4.04. The molecule has 0 bridgehead atoms. The summed E-state index contributed by atoms with van der Waals surface area (Å²) in [7, 11) is 0. The van der Waals surface area contributed by atoms with Crippen molar-refractivity contribution in [3.05, 3.63) is 34.9 Å². The summed E-state index contributed by atoms with van der Waals surface area (Å²) in [6.07, 6.45) is 1.10. The van der Waals surface area contributed by atoms with Gasteiger partial charge in [0.15, 0.2) is 0 Å². The van der Waals surface area contributed by atoms with Crippen LogP contribution in [0.25, 0.3) is 0 Å². The minimum Gasteiger partial charge on any atom is -0.298 e. The monoisotopic (exact) mass is 196 g/mol. The Labute approximate surface area is 79.3 Å². The summed E-state index contributed by atoms with van der Waals surface area (Å²) < 4.78 is 0. The summed E-state index contributed by atoms with van der Waals surface area (Å²) in [6.45, 7) is 0. The number of aldehydes is 2. The molecule has 0 aliphatic heterocycles. The van der Waals surface area contributed by atoms with E-state index in [1.165, 1.54) is 18.2 Å². The van der Waals surface area contributed by atoms with Gasteiger partial charge in [-0.3, -0.25) is 14.4 Å². The number of carbonyl (C=O) groups is 3. The van der Waals surface area contributed by atoms with Crippen LogP contribution >= 0.6 is 11.6 Å². The molecule has 0 aromatic heterocycles. The third kappa shape index (κ3) is 2.23. The van der Waals surface area contributed by atoms with Crippen LogP contribution in [0.1, 0.15) is 31.1 Å². The number of benzene rings is 1. The minimum atomic E-state index is -0.688. The van der Waals surface area contributed by atoms with E-state index in [-0.39, 0.29) is 16.7 Å². The van der Waals surface area contributed by atoms with Gasteiger partial charge in [-0.15, -0.1) is 0 Å². The van der Waals surface area contributed by atoms with E-state index < -0.39 is 5.24 Å². The second kappa shape index (κ2) is 3.96. The van der Waals surface area contributed by atoms with Gasteiger partial charge >= 0.3 is 0 Å². The SMILES string of the molecule is O=Cc1cc(C=O)cc(C(=O)Cl)c1. The molecule has 0 saturated carbocycles. The maximum absolute atomic E-state index is 10.7. The van der Waals surface area contributed by atoms with Gasteiger partial charge in [-0.1, -0.05) is 0 Å². The molecule has 0 amide bonds. The predicted molar refractivity (Wildman–Crippen MR) is 47.4 cm³/mol. The van der Waals surface area contributed by atoms with E-state index in [1.54, 1.807) is 0 Å². The molecule has 0 N–H and O–H groups in total. The zero-order chi connectivity index (χ0) is 9.84. The second-order valence-corrected chi connectivity index (χ2v) is 2.74. The lowest BCUT2D eigenvalue weighted by atomic mass is 10.1. The normalized spacial score (nSPS) is 9.31. The van der Waals surface area contributed by atoms with Gasteiger partial charge in [0.2, 0.25) is 0 Å². The first-order chi connectivity index (χ1) is 6.17. The Morgan fingerprint density at radius 1 is 1.08 bits per heavy atom. The topological polar surface area (TPSA) is 51.2 Å². The van der Waals surface area contributed by atoms with Gasteiger partial charge in [0, 0.05) is 16.7 Å². The predicted octanol–water partition coefficient (Wildman–Crippen LogP) is 1.69. The molecule has 3 nitrogen and oxygen atoms in total. The minimum absolute atomic E-state index is 0.147. The fraction of sp³-hybridized carbons (Fsp3) is 0. The van der Waals surface area contributed by atoms with E-state index in [0.717, 1.165) is 0 Å². The molecule has 0 fully saturated rings. The molecule has 1 rings (SSSR count). The van der Waals surface area contributed by atoms with Crippen molar-refractivity contribution in [2.45, 2.75) is 0 Å². The highest BCUT2D eigenvalue weighted by Crippen LogP contribution is 2.09. The first kappa shape index (κ1) is 9.61. The number of hydrogen-bond donors (Lipinski definition) is 0. The molecule has 0 radical (unpaired) electrons. The van der Waals surface area contributed by atoms with Gasteiger partial charge in [0.25, 0.3) is 5.24 Å². The first-order valence-electron chi connectivity index (χ1n) is 3.42. The number of rotatable bonds is 3. The van der Waals surface area contributed by atoms with Gasteiger partial charge in [-0.25, -0.2) is 0 Å². The maximum Gasteiger partial charge on any atom is 0.252 e. The lowest BCUT2D eigenvalue weighted by Gasteiger charge is -1.97. The van der Waals surface area contributed by atoms with E-state index in [9.17, 15) is 14.4 Å². The fourth-order valence-corrected chi connectivity index (χ4v) is 1.04. The van der Waals surface area contributed by atoms with E-state index in [1.807, 2.05) is 0 Å². The number of hydrogen-bond acceptors (Lipinski definition) is 3. The lowest BCUT2D eigenvalue weighted by Crippen LogP contribution is -1.94. The fourth-order valence-electron chi connectivity index (χ4n) is 0.926. The Bertz CT molecular complexity index is 345. The van der Waals surface area contributed by atoms with Crippen molar-refractivity contribution in [1.82, 2.24) is 0 Å². The van der Waals surface area contributed by atoms with Crippen LogP contribution in [-0.2, 0) is 0 Å². The Morgan fingerprint density at radius 2 is 1.54 bits per heavy atom. The zero-order valence-electron chi connectivity index (χ0n) is 6.49. The number of carbonyl (C=O) groups excluding carboxylic acids is 3. The van der Waals surface area contributed by atoms with Gasteiger partial charge in [0.1, 0.15) is 12.6 Å². The first-order valence-corrected chi connectivity index (χ1v) is 3.80. The smallest absolute Gasteiger partial charge is 0.252 e. The zero-order valence-corrected chi connectivity index (χ0v) is 7.25. The molecule has 66 valence electrons. The molecule has 0 atom stereocenters. The highest BCUT2D eigenvalue weighted by molar-refractivity contribution is 6.67. The quantitative estimate of drug-likeness (QED) is 0.546. The Kier molecular flexibility index (Phi) is 2.93. The van der Waals surface area contributed by atoms with E-state index >= 15 is 0 Å². The van der Waals surface area contributed by atoms with Gasteiger partial charge in [-0.05, 0) is 29.8 Å². The van der Waals surface area contributed by atoms with Crippen LogP contribution in [0, 0.1) is 0 Å². The molecule has 0 spiro atoms. The van der Waals surface area contributed by atoms with Crippen molar-refractivity contribution in [2.24, 2.45) is 0 Å². The molecule has 0 heterocycles. The molecule has 0 saturated heterocycles. The van der Waals surface area contributed by atoms with E-state index in [2.05, 4.69) is 0 Å². The van der Waals surface area contributed by atoms with Gasteiger partial charge < -0.3 is 0 Å². The molecule has 1 aromatic carbocycles. The summed E-state index contributed by atoms with van der Waals surface area (Å²) >= 11 is 5.19. The molecular formula is C9H5ClO3. The van der Waals surface area contributed by atoms with Crippen LogP contribution in [0.4, 0.5) is 0 Å². The van der Waals surface area contributed by atoms with Crippen LogP contribution in [0.2, 0.25) is 0 Å². The standard InChI is InChI=1S/C9H5ClO3/c10-9(13)8-2-6(4-11)1-7(3-8)5-12/h1-5H. The second-order valence-electron chi connectivity index (χ2n) is 2.40. The van der Waals surface area contributed by atoms with Crippen LogP contribution < -0.4 is 0 Å². The summed E-state index contributed by atoms with van der Waals surface area (Å²) in [5.41, 5.74) is 0.663. The van der Waals surface area contributed by atoms with Crippen molar-refractivity contribution >= 4 is 29.4 Å². The van der Waals surface area contributed by atoms with Crippen LogP contribution in [0.3, 0.4) is 0 Å². The molecule has 4 heteroatoms. The summed E-state index contributed by atoms with van der Waals surface area (Å²) in [5.74, 6) is 0. The van der Waals surface area contributed by atoms with Crippen LogP contribution in [0.5, 0.6) is 0 Å². The largest absolute Gasteiger partial charge is 0.298 e. The maximum atomic E-state index is 10.7. The third-order valence-corrected chi connectivity index (χ3v) is 1.70. The average Bonchev–Trinajstić information content (AvgIpc) is 2.16. The Balaban J connectivity index is 3.30. The van der Waals surface area contributed by atoms with Gasteiger partial charge in [-0.2, -0.15) is 0 Å². The highest BCUT2D eigenvalue weighted by atomic mass is 35.5. The average molecular weight is 197 g/mol. The molecular weight excluding hydrogens is 192 g/mol. The number of halogens is 1. The van der Waals surface area contributed by atoms with Crippen molar-refractivity contribution in [3.63, 3.8) is 0 Å². The third-order valence-electron chi connectivity index (χ3n) is 1.48. The molecule has 1 aromatic rings. The molecule has 13 heavy (non-hydrogen) atoms. The highest BCUT2D eigenvalue weighted by Gasteiger charge is 2.05. The molecule has 0 aliphatic rings. The van der Waals surface area contributed by atoms with Crippen molar-refractivity contribution < 1.29 is 14.4 Å². The Morgan fingerprint density at radius 3 is 1.85 bits per heavy atom. The van der Waals surface area contributed by atoms with E-state index in [0.29, 0.717) is 12.6 Å². The van der Waals surface area contributed by atoms with Crippen LogP contribution in [0.15, 0.2) is 18.2 Å². The summed E-state index contributed by atoms with van der Waals surface area (Å²) in [4.78, 5) is 31.5. The van der Waals surface area contributed by atoms with Gasteiger partial charge in [0.05, 0.1) is 0 Å². The molecule has 0 unspecified atom stereocenters. The lowest BCUT2D eigenvalue weighted by molar-refractivity contribution is 0.108. The summed E-state index contributed by atoms with van der Waals surface area (Å²) in [5, 5.41) is -0.688. The Hall–Kier alpha value is -1.48. The van der Waals surface area contributed by atoms with Crippen molar-refractivity contribution in [3.8, 4) is 0 Å².